The summed E-state index contributed by atoms with van der Waals surface area (Å²) in [6.45, 7) is 7.67. The van der Waals surface area contributed by atoms with E-state index in [4.69, 9.17) is 0 Å². The Morgan fingerprint density at radius 1 is 1.20 bits per heavy atom. The first kappa shape index (κ1) is 17.3. The van der Waals surface area contributed by atoms with Crippen molar-refractivity contribution in [3.05, 3.63) is 76.9 Å². The largest absolute Gasteiger partial charge is 0.382 e. The zero-order valence-corrected chi connectivity index (χ0v) is 15.1. The molecule has 0 unspecified atom stereocenters. The van der Waals surface area contributed by atoms with Gasteiger partial charge in [-0.1, -0.05) is 18.2 Å². The zero-order chi connectivity index (χ0) is 18.0. The van der Waals surface area contributed by atoms with Gasteiger partial charge in [-0.3, -0.25) is 0 Å². The number of aromatic amines is 1. The van der Waals surface area contributed by atoms with Gasteiger partial charge in [0, 0.05) is 36.1 Å². The number of aromatic nitrogens is 4. The van der Waals surface area contributed by atoms with Crippen molar-refractivity contribution in [2.24, 2.45) is 0 Å². The maximum absolute atomic E-state index is 10.2. The number of imidazole rings is 1. The van der Waals surface area contributed by atoms with E-state index in [-0.39, 0.29) is 5.92 Å². The number of benzene rings is 1. The average Bonchev–Trinajstić information content (AvgIpc) is 3.09. The number of hydrogen-bond acceptors (Lipinski definition) is 4. The van der Waals surface area contributed by atoms with E-state index >= 15 is 0 Å². The van der Waals surface area contributed by atoms with Gasteiger partial charge in [0.1, 0.15) is 5.60 Å². The highest BCUT2D eigenvalue weighted by atomic mass is 16.3. The van der Waals surface area contributed by atoms with Crippen LogP contribution in [0.1, 0.15) is 53.7 Å². The Balaban J connectivity index is 2.01. The summed E-state index contributed by atoms with van der Waals surface area (Å²) in [6, 6.07) is 8.28. The summed E-state index contributed by atoms with van der Waals surface area (Å²) in [5.74, 6) is 0.557. The van der Waals surface area contributed by atoms with Gasteiger partial charge in [-0.2, -0.15) is 0 Å². The number of nitrogens with one attached hydrogen (secondary N) is 1. The van der Waals surface area contributed by atoms with Crippen LogP contribution in [-0.2, 0) is 12.0 Å². The molecule has 2 N–H and O–H groups in total. The van der Waals surface area contributed by atoms with E-state index in [9.17, 15) is 5.11 Å². The summed E-state index contributed by atoms with van der Waals surface area (Å²) in [7, 11) is 0. The minimum atomic E-state index is -1.06. The lowest BCUT2D eigenvalue weighted by molar-refractivity contribution is 0.0684. The molecule has 0 radical (unpaired) electrons. The molecule has 25 heavy (non-hydrogen) atoms. The van der Waals surface area contributed by atoms with Crippen molar-refractivity contribution in [2.45, 2.75) is 45.6 Å². The summed E-state index contributed by atoms with van der Waals surface area (Å²) in [5, 5.41) is 10.2. The molecular weight excluding hydrogens is 312 g/mol. The molecule has 130 valence electrons. The van der Waals surface area contributed by atoms with Crippen molar-refractivity contribution in [2.75, 3.05) is 0 Å². The molecule has 0 amide bonds. The fourth-order valence-corrected chi connectivity index (χ4v) is 3.01. The first-order chi connectivity index (χ1) is 11.9. The SMILES string of the molecule is Cc1cccc([C@H](Cc2ccnc(C(C)(C)O)n2)c2cnc[nH]2)c1C. The van der Waals surface area contributed by atoms with Crippen molar-refractivity contribution < 1.29 is 5.11 Å². The number of H-pyrrole nitrogens is 1. The standard InChI is InChI=1S/C20H24N4O/c1-13-6-5-7-16(14(13)2)17(18-11-21-12-23-18)10-15-8-9-22-19(24-15)20(3,4)25/h5-9,11-12,17,25H,10H2,1-4H3,(H,21,23)/t17-/m0/s1. The molecule has 0 aliphatic heterocycles. The maximum Gasteiger partial charge on any atom is 0.159 e. The topological polar surface area (TPSA) is 74.7 Å². The van der Waals surface area contributed by atoms with Crippen LogP contribution in [0.15, 0.2) is 43.0 Å². The number of aliphatic hydroxyl groups is 1. The Kier molecular flexibility index (Phi) is 4.68. The molecule has 3 aromatic rings. The van der Waals surface area contributed by atoms with Gasteiger partial charge in [0.05, 0.1) is 6.33 Å². The van der Waals surface area contributed by atoms with Gasteiger partial charge in [0.2, 0.25) is 0 Å². The molecule has 0 spiro atoms. The Morgan fingerprint density at radius 2 is 2.00 bits per heavy atom. The predicted molar refractivity (Wildman–Crippen MR) is 97.3 cm³/mol. The highest BCUT2D eigenvalue weighted by Crippen LogP contribution is 2.30. The van der Waals surface area contributed by atoms with E-state index in [1.807, 2.05) is 12.3 Å². The fourth-order valence-electron chi connectivity index (χ4n) is 3.01. The van der Waals surface area contributed by atoms with Crippen LogP contribution in [0.2, 0.25) is 0 Å². The van der Waals surface area contributed by atoms with Gasteiger partial charge in [0.25, 0.3) is 0 Å². The molecule has 1 aromatic carbocycles. The number of rotatable bonds is 5. The van der Waals surface area contributed by atoms with Crippen LogP contribution < -0.4 is 0 Å². The molecule has 0 saturated carbocycles. The first-order valence-corrected chi connectivity index (χ1v) is 8.45. The second-order valence-electron chi connectivity index (χ2n) is 6.98. The molecule has 5 heteroatoms. The van der Waals surface area contributed by atoms with Crippen molar-refractivity contribution in [1.29, 1.82) is 0 Å². The third kappa shape index (κ3) is 3.77. The monoisotopic (exact) mass is 336 g/mol. The Morgan fingerprint density at radius 3 is 2.68 bits per heavy atom. The van der Waals surface area contributed by atoms with Gasteiger partial charge in [-0.15, -0.1) is 0 Å². The van der Waals surface area contributed by atoms with Crippen LogP contribution in [0, 0.1) is 13.8 Å². The van der Waals surface area contributed by atoms with E-state index in [0.29, 0.717) is 12.2 Å². The van der Waals surface area contributed by atoms with Crippen LogP contribution >= 0.6 is 0 Å². The normalized spacial score (nSPS) is 13.0. The highest BCUT2D eigenvalue weighted by Gasteiger charge is 2.23. The minimum absolute atomic E-state index is 0.118. The van der Waals surface area contributed by atoms with Crippen molar-refractivity contribution in [3.8, 4) is 0 Å². The quantitative estimate of drug-likeness (QED) is 0.748. The van der Waals surface area contributed by atoms with E-state index in [1.54, 1.807) is 26.4 Å². The summed E-state index contributed by atoms with van der Waals surface area (Å²) in [6.07, 6.45) is 5.99. The van der Waals surface area contributed by atoms with Crippen LogP contribution in [-0.4, -0.2) is 25.0 Å². The van der Waals surface area contributed by atoms with Crippen molar-refractivity contribution >= 4 is 0 Å². The van der Waals surface area contributed by atoms with Gasteiger partial charge < -0.3 is 10.1 Å². The summed E-state index contributed by atoms with van der Waals surface area (Å²) in [4.78, 5) is 16.2. The molecule has 1 atom stereocenters. The van der Waals surface area contributed by atoms with Crippen molar-refractivity contribution in [1.82, 2.24) is 19.9 Å². The van der Waals surface area contributed by atoms with Gasteiger partial charge in [0.15, 0.2) is 5.82 Å². The number of nitrogens with zero attached hydrogens (tertiary/aromatic N) is 3. The lowest BCUT2D eigenvalue weighted by atomic mass is 9.87. The van der Waals surface area contributed by atoms with Crippen LogP contribution in [0.25, 0.3) is 0 Å². The van der Waals surface area contributed by atoms with Crippen molar-refractivity contribution in [3.63, 3.8) is 0 Å². The van der Waals surface area contributed by atoms with Gasteiger partial charge in [-0.05, 0) is 50.5 Å². The molecule has 2 heterocycles. The Labute approximate surface area is 148 Å². The Hall–Kier alpha value is -2.53. The first-order valence-electron chi connectivity index (χ1n) is 8.45. The molecule has 3 rings (SSSR count). The fraction of sp³-hybridized carbons (Fsp3) is 0.350. The minimum Gasteiger partial charge on any atom is -0.382 e. The number of aryl methyl sites for hydroxylation is 1. The molecule has 2 aromatic heterocycles. The molecule has 0 aliphatic rings. The molecule has 0 fully saturated rings. The van der Waals surface area contributed by atoms with Crippen LogP contribution in [0.4, 0.5) is 0 Å². The van der Waals surface area contributed by atoms with E-state index in [2.05, 4.69) is 52.0 Å². The van der Waals surface area contributed by atoms with Crippen LogP contribution in [0.3, 0.4) is 0 Å². The van der Waals surface area contributed by atoms with Gasteiger partial charge in [-0.25, -0.2) is 15.0 Å². The Bertz CT molecular complexity index is 850. The third-order valence-corrected chi connectivity index (χ3v) is 4.59. The molecular formula is C20H24N4O. The van der Waals surface area contributed by atoms with Crippen LogP contribution in [0.5, 0.6) is 0 Å². The van der Waals surface area contributed by atoms with Gasteiger partial charge >= 0.3 is 0 Å². The lowest BCUT2D eigenvalue weighted by Crippen LogP contribution is -2.20. The maximum atomic E-state index is 10.2. The molecule has 0 saturated heterocycles. The molecule has 5 nitrogen and oxygen atoms in total. The molecule has 0 bridgehead atoms. The second kappa shape index (κ2) is 6.76. The second-order valence-corrected chi connectivity index (χ2v) is 6.98. The average molecular weight is 336 g/mol. The lowest BCUT2D eigenvalue weighted by Gasteiger charge is -2.20. The van der Waals surface area contributed by atoms with E-state index in [1.165, 1.54) is 16.7 Å². The molecule has 0 aliphatic carbocycles. The third-order valence-electron chi connectivity index (χ3n) is 4.59. The summed E-state index contributed by atoms with van der Waals surface area (Å²) in [5.41, 5.74) is 4.69. The summed E-state index contributed by atoms with van der Waals surface area (Å²) >= 11 is 0. The van der Waals surface area contributed by atoms with E-state index in [0.717, 1.165) is 11.4 Å². The van der Waals surface area contributed by atoms with E-state index < -0.39 is 5.60 Å². The smallest absolute Gasteiger partial charge is 0.159 e. The zero-order valence-electron chi connectivity index (χ0n) is 15.1. The predicted octanol–water partition coefficient (Wildman–Crippen LogP) is 3.42. The summed E-state index contributed by atoms with van der Waals surface area (Å²) < 4.78 is 0. The highest BCUT2D eigenvalue weighted by molar-refractivity contribution is 5.40. The number of hydrogen-bond donors (Lipinski definition) is 2.